The monoisotopic (exact) mass is 501 g/mol. The maximum absolute atomic E-state index is 13.2. The van der Waals surface area contributed by atoms with Crippen molar-refractivity contribution in [2.45, 2.75) is 32.0 Å². The first-order valence-electron chi connectivity index (χ1n) is 10.9. The second-order valence-corrected chi connectivity index (χ2v) is 9.18. The number of nitrogens with one attached hydrogen (secondary N) is 1. The Labute approximate surface area is 203 Å². The lowest BCUT2D eigenvalue weighted by atomic mass is 10.2. The summed E-state index contributed by atoms with van der Waals surface area (Å²) in [5.74, 6) is -0.984. The van der Waals surface area contributed by atoms with Gasteiger partial charge in [0.2, 0.25) is 0 Å². The van der Waals surface area contributed by atoms with Crippen LogP contribution in [0.1, 0.15) is 16.7 Å². The van der Waals surface area contributed by atoms with E-state index in [0.717, 1.165) is 16.7 Å². The van der Waals surface area contributed by atoms with Gasteiger partial charge in [0.1, 0.15) is 6.10 Å². The van der Waals surface area contributed by atoms with Gasteiger partial charge in [-0.05, 0) is 16.7 Å². The fourth-order valence-electron chi connectivity index (χ4n) is 2.83. The van der Waals surface area contributed by atoms with Crippen LogP contribution in [0.15, 0.2) is 91.0 Å². The molecule has 3 N–H and O–H groups in total. The van der Waals surface area contributed by atoms with Crippen molar-refractivity contribution in [3.63, 3.8) is 0 Å². The lowest BCUT2D eigenvalue weighted by molar-refractivity contribution is -0.150. The van der Waals surface area contributed by atoms with Gasteiger partial charge in [0, 0.05) is 0 Å². The maximum Gasteiger partial charge on any atom is 0.475 e. The highest BCUT2D eigenvalue weighted by molar-refractivity contribution is 7.48. The second-order valence-electron chi connectivity index (χ2n) is 7.51. The number of aliphatic hydroxyl groups excluding tert-OH is 2. The zero-order chi connectivity index (χ0) is 24.9. The topological polar surface area (TPSA) is 124 Å². The zero-order valence-corrected chi connectivity index (χ0v) is 19.8. The van der Waals surface area contributed by atoms with Crippen LogP contribution in [0.5, 0.6) is 0 Å². The van der Waals surface area contributed by atoms with Crippen LogP contribution in [0.3, 0.4) is 0 Å². The molecule has 3 aromatic rings. The molecular formula is C25H28NO8P. The molecule has 10 heteroatoms. The molecule has 0 bridgehead atoms. The quantitative estimate of drug-likeness (QED) is 0.227. The lowest BCUT2D eigenvalue weighted by Gasteiger charge is -2.22. The van der Waals surface area contributed by atoms with E-state index in [1.165, 1.54) is 0 Å². The summed E-state index contributed by atoms with van der Waals surface area (Å²) in [5, 5.41) is 20.3. The molecule has 0 aliphatic rings. The maximum atomic E-state index is 13.2. The number of carbonyl (C=O) groups is 1. The first-order valence-corrected chi connectivity index (χ1v) is 12.3. The van der Waals surface area contributed by atoms with E-state index in [-0.39, 0.29) is 19.8 Å². The van der Waals surface area contributed by atoms with E-state index < -0.39 is 32.5 Å². The Morgan fingerprint density at radius 1 is 0.714 bits per heavy atom. The standard InChI is InChI=1S/C25H28NO8P/c27-23(24(28)25(29)26-31-16-20-10-4-1-5-11-20)19-34-35(30,32-17-21-12-6-2-7-13-21)33-18-22-14-8-3-9-15-22/h1-15,23-24,27-28H,16-19H2,(H,26,29)/t23-,24-/m1/s1. The summed E-state index contributed by atoms with van der Waals surface area (Å²) >= 11 is 0. The van der Waals surface area contributed by atoms with Crippen molar-refractivity contribution < 1.29 is 38.0 Å². The van der Waals surface area contributed by atoms with E-state index in [4.69, 9.17) is 18.4 Å². The number of phosphoric ester groups is 1. The minimum Gasteiger partial charge on any atom is -0.387 e. The molecule has 0 spiro atoms. The fourth-order valence-corrected chi connectivity index (χ4v) is 4.00. The van der Waals surface area contributed by atoms with Gasteiger partial charge in [-0.2, -0.15) is 0 Å². The highest BCUT2D eigenvalue weighted by atomic mass is 31.2. The largest absolute Gasteiger partial charge is 0.475 e. The van der Waals surface area contributed by atoms with Crippen LogP contribution in [-0.2, 0) is 47.6 Å². The molecule has 0 saturated carbocycles. The number of aliphatic hydroxyl groups is 2. The summed E-state index contributed by atoms with van der Waals surface area (Å²) in [6.45, 7) is -0.755. The predicted molar refractivity (Wildman–Crippen MR) is 127 cm³/mol. The molecule has 0 heterocycles. The fraction of sp³-hybridized carbons (Fsp3) is 0.240. The Balaban J connectivity index is 1.52. The van der Waals surface area contributed by atoms with Crippen LogP contribution in [0.25, 0.3) is 0 Å². The molecule has 0 radical (unpaired) electrons. The summed E-state index contributed by atoms with van der Waals surface area (Å²) in [7, 11) is -4.17. The van der Waals surface area contributed by atoms with Crippen molar-refractivity contribution in [2.24, 2.45) is 0 Å². The van der Waals surface area contributed by atoms with E-state index in [1.807, 2.05) is 30.3 Å². The van der Waals surface area contributed by atoms with E-state index in [9.17, 15) is 19.6 Å². The van der Waals surface area contributed by atoms with Crippen molar-refractivity contribution in [3.8, 4) is 0 Å². The van der Waals surface area contributed by atoms with Crippen LogP contribution in [0.2, 0.25) is 0 Å². The van der Waals surface area contributed by atoms with E-state index in [2.05, 4.69) is 5.48 Å². The molecule has 186 valence electrons. The third kappa shape index (κ3) is 9.35. The Morgan fingerprint density at radius 3 is 1.60 bits per heavy atom. The molecule has 0 aliphatic carbocycles. The Bertz CT molecular complexity index is 1020. The Hall–Kier alpha value is -2.88. The van der Waals surface area contributed by atoms with E-state index in [1.54, 1.807) is 60.7 Å². The van der Waals surface area contributed by atoms with Crippen molar-refractivity contribution in [1.29, 1.82) is 0 Å². The van der Waals surface area contributed by atoms with Gasteiger partial charge in [-0.15, -0.1) is 0 Å². The van der Waals surface area contributed by atoms with Crippen LogP contribution in [0.4, 0.5) is 0 Å². The molecule has 0 fully saturated rings. The van der Waals surface area contributed by atoms with E-state index >= 15 is 0 Å². The van der Waals surface area contributed by atoms with Gasteiger partial charge in [-0.3, -0.25) is 23.2 Å². The van der Waals surface area contributed by atoms with Crippen LogP contribution < -0.4 is 5.48 Å². The Morgan fingerprint density at radius 2 is 1.14 bits per heavy atom. The zero-order valence-electron chi connectivity index (χ0n) is 18.9. The van der Waals surface area contributed by atoms with Gasteiger partial charge in [-0.25, -0.2) is 10.0 Å². The normalized spacial score (nSPS) is 13.2. The highest BCUT2D eigenvalue weighted by Crippen LogP contribution is 2.51. The van der Waals surface area contributed by atoms with Crippen LogP contribution in [0, 0.1) is 0 Å². The SMILES string of the molecule is O=C(NOCc1ccccc1)[C@H](O)[C@H](O)COP(=O)(OCc1ccccc1)OCc1ccccc1. The summed E-state index contributed by atoms with van der Waals surface area (Å²) in [5.41, 5.74) is 4.33. The molecule has 9 nitrogen and oxygen atoms in total. The molecule has 35 heavy (non-hydrogen) atoms. The number of carbonyl (C=O) groups excluding carboxylic acids is 1. The molecule has 0 aromatic heterocycles. The molecular weight excluding hydrogens is 473 g/mol. The number of benzene rings is 3. The van der Waals surface area contributed by atoms with Crippen LogP contribution >= 0.6 is 7.82 Å². The van der Waals surface area contributed by atoms with Crippen molar-refractivity contribution in [1.82, 2.24) is 5.48 Å². The van der Waals surface area contributed by atoms with E-state index in [0.29, 0.717) is 0 Å². The molecule has 2 atom stereocenters. The first-order chi connectivity index (χ1) is 17.0. The second kappa shape index (κ2) is 13.9. The molecule has 3 rings (SSSR count). The smallest absolute Gasteiger partial charge is 0.387 e. The molecule has 3 aromatic carbocycles. The van der Waals surface area contributed by atoms with Crippen LogP contribution in [-0.4, -0.2) is 34.9 Å². The van der Waals surface area contributed by atoms with Gasteiger partial charge >= 0.3 is 7.82 Å². The van der Waals surface area contributed by atoms with Gasteiger partial charge in [0.05, 0.1) is 26.4 Å². The number of hydrogen-bond acceptors (Lipinski definition) is 8. The summed E-state index contributed by atoms with van der Waals surface area (Å²) in [6.07, 6.45) is -3.62. The summed E-state index contributed by atoms with van der Waals surface area (Å²) in [6, 6.07) is 27.0. The third-order valence-corrected chi connectivity index (χ3v) is 6.11. The Kier molecular flexibility index (Phi) is 10.6. The number of hydrogen-bond donors (Lipinski definition) is 3. The minimum atomic E-state index is -4.17. The van der Waals surface area contributed by atoms with Gasteiger partial charge in [0.15, 0.2) is 6.10 Å². The number of rotatable bonds is 14. The average Bonchev–Trinajstić information content (AvgIpc) is 2.91. The molecule has 0 unspecified atom stereocenters. The van der Waals surface area contributed by atoms with Gasteiger partial charge in [0.25, 0.3) is 5.91 Å². The van der Waals surface area contributed by atoms with Gasteiger partial charge in [-0.1, -0.05) is 91.0 Å². The number of hydroxylamine groups is 1. The first kappa shape index (κ1) is 26.7. The summed E-state index contributed by atoms with van der Waals surface area (Å²) < 4.78 is 29.3. The number of phosphoric acid groups is 1. The highest BCUT2D eigenvalue weighted by Gasteiger charge is 2.32. The summed E-state index contributed by atoms with van der Waals surface area (Å²) in [4.78, 5) is 17.1. The van der Waals surface area contributed by atoms with Crippen molar-refractivity contribution >= 4 is 13.7 Å². The lowest BCUT2D eigenvalue weighted by Crippen LogP contribution is -2.44. The molecule has 1 amide bonds. The average molecular weight is 501 g/mol. The molecule has 0 aliphatic heterocycles. The number of amides is 1. The predicted octanol–water partition coefficient (Wildman–Crippen LogP) is 3.51. The van der Waals surface area contributed by atoms with Gasteiger partial charge < -0.3 is 10.2 Å². The third-order valence-electron chi connectivity index (χ3n) is 4.76. The van der Waals surface area contributed by atoms with Crippen molar-refractivity contribution in [2.75, 3.05) is 6.61 Å². The van der Waals surface area contributed by atoms with Crippen molar-refractivity contribution in [3.05, 3.63) is 108 Å². The molecule has 0 saturated heterocycles. The minimum absolute atomic E-state index is 0.0701.